The Balaban J connectivity index is 2.71. The van der Waals surface area contributed by atoms with Crippen LogP contribution in [0.4, 0.5) is 0 Å². The second kappa shape index (κ2) is 17.2. The molecule has 7 nitrogen and oxygen atoms in total. The predicted octanol–water partition coefficient (Wildman–Crippen LogP) is 5.65. The number of hydrogen-bond acceptors (Lipinski definition) is 5. The third-order valence-electron chi connectivity index (χ3n) is 5.17. The molecule has 3 N–H and O–H groups in total. The van der Waals surface area contributed by atoms with E-state index in [1.54, 1.807) is 0 Å². The summed E-state index contributed by atoms with van der Waals surface area (Å²) in [6.07, 6.45) is 13.5. The van der Waals surface area contributed by atoms with Gasteiger partial charge in [-0.2, -0.15) is 0 Å². The van der Waals surface area contributed by atoms with Gasteiger partial charge in [-0.15, -0.1) is 0 Å². The molecule has 0 bridgehead atoms. The molecule has 0 atom stereocenters. The van der Waals surface area contributed by atoms with Gasteiger partial charge in [-0.1, -0.05) is 78.1 Å². The van der Waals surface area contributed by atoms with Gasteiger partial charge < -0.3 is 14.6 Å². The average molecular weight is 451 g/mol. The Bertz CT molecular complexity index is 639. The maximum absolute atomic E-state index is 12.4. The molecule has 182 valence electrons. The molecule has 0 aliphatic carbocycles. The van der Waals surface area contributed by atoms with Crippen molar-refractivity contribution >= 4 is 11.8 Å². The monoisotopic (exact) mass is 450 g/mol. The molecule has 1 rings (SSSR count). The van der Waals surface area contributed by atoms with Gasteiger partial charge >= 0.3 is 0 Å². The Morgan fingerprint density at radius 2 is 1.19 bits per heavy atom. The third kappa shape index (κ3) is 11.8. The summed E-state index contributed by atoms with van der Waals surface area (Å²) < 4.78 is 11.5. The molecule has 1 aromatic carbocycles. The molecule has 1 aromatic rings. The van der Waals surface area contributed by atoms with Crippen LogP contribution in [0.5, 0.6) is 17.2 Å². The van der Waals surface area contributed by atoms with Crippen molar-refractivity contribution in [1.82, 2.24) is 10.9 Å². The highest BCUT2D eigenvalue weighted by Gasteiger charge is 2.17. The van der Waals surface area contributed by atoms with Gasteiger partial charge in [0, 0.05) is 12.5 Å². The fourth-order valence-corrected chi connectivity index (χ4v) is 3.28. The zero-order valence-electron chi connectivity index (χ0n) is 20.1. The van der Waals surface area contributed by atoms with Gasteiger partial charge in [-0.05, 0) is 25.0 Å². The van der Waals surface area contributed by atoms with E-state index in [2.05, 4.69) is 24.7 Å². The zero-order chi connectivity index (χ0) is 23.6. The molecule has 0 aromatic heterocycles. The van der Waals surface area contributed by atoms with Crippen LogP contribution in [0.15, 0.2) is 12.1 Å². The first kappa shape index (κ1) is 27.6. The van der Waals surface area contributed by atoms with Gasteiger partial charge in [0.1, 0.15) is 0 Å². The van der Waals surface area contributed by atoms with Crippen molar-refractivity contribution in [2.24, 2.45) is 0 Å². The first-order chi connectivity index (χ1) is 15.5. The minimum absolute atomic E-state index is 0.0990. The number of phenolic OH excluding ortho intramolecular Hbond substituents is 1. The number of benzene rings is 1. The van der Waals surface area contributed by atoms with E-state index in [0.29, 0.717) is 13.2 Å². The standard InChI is InChI=1S/C25H42N2O5/c1-4-6-8-10-12-14-16-31-22-18-21(25(30)27-26-20(3)28)19-23(24(22)29)32-17-15-13-11-9-7-5-2/h18-19,29H,4-17H2,1-3H3,(H,26,28)(H,27,30). The fourth-order valence-electron chi connectivity index (χ4n) is 3.28. The number of carbonyl (C=O) groups is 2. The molecule has 0 aliphatic rings. The van der Waals surface area contributed by atoms with Crippen LogP contribution in [0.2, 0.25) is 0 Å². The first-order valence-electron chi connectivity index (χ1n) is 12.2. The van der Waals surface area contributed by atoms with Crippen molar-refractivity contribution in [1.29, 1.82) is 0 Å². The lowest BCUT2D eigenvalue weighted by atomic mass is 10.1. The summed E-state index contributed by atoms with van der Waals surface area (Å²) in [6, 6.07) is 2.95. The summed E-state index contributed by atoms with van der Waals surface area (Å²) in [5.74, 6) is -0.553. The molecular formula is C25H42N2O5. The molecular weight excluding hydrogens is 408 g/mol. The van der Waals surface area contributed by atoms with Crippen molar-refractivity contribution in [2.45, 2.75) is 97.8 Å². The van der Waals surface area contributed by atoms with Crippen LogP contribution in [0.3, 0.4) is 0 Å². The zero-order valence-corrected chi connectivity index (χ0v) is 20.1. The number of ether oxygens (including phenoxy) is 2. The van der Waals surface area contributed by atoms with Crippen molar-refractivity contribution < 1.29 is 24.2 Å². The summed E-state index contributed by atoms with van der Waals surface area (Å²) in [7, 11) is 0. The van der Waals surface area contributed by atoms with Crippen molar-refractivity contribution in [3.05, 3.63) is 17.7 Å². The van der Waals surface area contributed by atoms with Crippen LogP contribution >= 0.6 is 0 Å². The van der Waals surface area contributed by atoms with Crippen molar-refractivity contribution in [3.8, 4) is 17.2 Å². The molecule has 0 unspecified atom stereocenters. The molecule has 0 radical (unpaired) electrons. The Morgan fingerprint density at radius 3 is 1.62 bits per heavy atom. The maximum atomic E-state index is 12.4. The Kier molecular flexibility index (Phi) is 14.8. The van der Waals surface area contributed by atoms with Gasteiger partial charge in [-0.25, -0.2) is 0 Å². The topological polar surface area (TPSA) is 96.9 Å². The van der Waals surface area contributed by atoms with Gasteiger partial charge in [0.25, 0.3) is 5.91 Å². The molecule has 0 aliphatic heterocycles. The van der Waals surface area contributed by atoms with Crippen LogP contribution in [0.25, 0.3) is 0 Å². The Labute approximate surface area is 193 Å². The fraction of sp³-hybridized carbons (Fsp3) is 0.680. The summed E-state index contributed by atoms with van der Waals surface area (Å²) in [5.41, 5.74) is 4.84. The minimum atomic E-state index is -0.506. The van der Waals surface area contributed by atoms with E-state index >= 15 is 0 Å². The van der Waals surface area contributed by atoms with E-state index in [1.165, 1.54) is 57.6 Å². The van der Waals surface area contributed by atoms with E-state index in [-0.39, 0.29) is 28.7 Å². The van der Waals surface area contributed by atoms with Gasteiger partial charge in [0.15, 0.2) is 11.5 Å². The minimum Gasteiger partial charge on any atom is -0.502 e. The highest BCUT2D eigenvalue weighted by Crippen LogP contribution is 2.38. The number of unbranched alkanes of at least 4 members (excludes halogenated alkanes) is 10. The number of hydrazine groups is 1. The first-order valence-corrected chi connectivity index (χ1v) is 12.2. The summed E-state index contributed by atoms with van der Waals surface area (Å²) in [5, 5.41) is 10.6. The number of carbonyl (C=O) groups excluding carboxylic acids is 2. The lowest BCUT2D eigenvalue weighted by Crippen LogP contribution is -2.40. The quantitative estimate of drug-likeness (QED) is 0.210. The van der Waals surface area contributed by atoms with E-state index in [0.717, 1.165) is 38.5 Å². The molecule has 32 heavy (non-hydrogen) atoms. The second-order valence-electron chi connectivity index (χ2n) is 8.19. The van der Waals surface area contributed by atoms with Gasteiger partial charge in [0.2, 0.25) is 11.7 Å². The van der Waals surface area contributed by atoms with Crippen LogP contribution in [-0.2, 0) is 4.79 Å². The smallest absolute Gasteiger partial charge is 0.269 e. The lowest BCUT2D eigenvalue weighted by Gasteiger charge is -2.15. The van der Waals surface area contributed by atoms with E-state index < -0.39 is 5.91 Å². The number of amides is 2. The highest BCUT2D eigenvalue weighted by molar-refractivity contribution is 5.96. The Hall–Kier alpha value is -2.44. The van der Waals surface area contributed by atoms with Gasteiger partial charge in [0.05, 0.1) is 13.2 Å². The van der Waals surface area contributed by atoms with Gasteiger partial charge in [-0.3, -0.25) is 20.4 Å². The van der Waals surface area contributed by atoms with Crippen LogP contribution in [-0.4, -0.2) is 30.1 Å². The van der Waals surface area contributed by atoms with Crippen molar-refractivity contribution in [2.75, 3.05) is 13.2 Å². The number of phenols is 1. The summed E-state index contributed by atoms with van der Waals surface area (Å²) >= 11 is 0. The van der Waals surface area contributed by atoms with E-state index in [1.807, 2.05) is 0 Å². The molecule has 0 fully saturated rings. The number of nitrogens with one attached hydrogen (secondary N) is 2. The predicted molar refractivity (Wildman–Crippen MR) is 127 cm³/mol. The number of hydrogen-bond donors (Lipinski definition) is 3. The third-order valence-corrected chi connectivity index (χ3v) is 5.17. The molecule has 2 amide bonds. The maximum Gasteiger partial charge on any atom is 0.269 e. The summed E-state index contributed by atoms with van der Waals surface area (Å²) in [6.45, 7) is 6.59. The second-order valence-corrected chi connectivity index (χ2v) is 8.19. The molecule has 0 spiro atoms. The van der Waals surface area contributed by atoms with Crippen LogP contribution in [0.1, 0.15) is 108 Å². The van der Waals surface area contributed by atoms with E-state index in [9.17, 15) is 14.7 Å². The van der Waals surface area contributed by atoms with Crippen molar-refractivity contribution in [3.63, 3.8) is 0 Å². The van der Waals surface area contributed by atoms with Crippen LogP contribution < -0.4 is 20.3 Å². The highest BCUT2D eigenvalue weighted by atomic mass is 16.5. The van der Waals surface area contributed by atoms with Crippen LogP contribution in [0, 0.1) is 0 Å². The lowest BCUT2D eigenvalue weighted by molar-refractivity contribution is -0.119. The Morgan fingerprint density at radius 1 is 0.750 bits per heavy atom. The largest absolute Gasteiger partial charge is 0.502 e. The van der Waals surface area contributed by atoms with E-state index in [4.69, 9.17) is 9.47 Å². The number of aromatic hydroxyl groups is 1. The molecule has 0 saturated heterocycles. The average Bonchev–Trinajstić information content (AvgIpc) is 2.77. The summed E-state index contributed by atoms with van der Waals surface area (Å²) in [4.78, 5) is 23.5. The number of rotatable bonds is 17. The molecule has 0 heterocycles. The normalized spacial score (nSPS) is 10.6. The molecule has 0 saturated carbocycles. The SMILES string of the molecule is CCCCCCCCOc1cc(C(=O)NNC(C)=O)cc(OCCCCCCCC)c1O. The molecule has 7 heteroatoms.